The number of para-hydroxylation sites is 1. The second-order valence-electron chi connectivity index (χ2n) is 8.06. The minimum absolute atomic E-state index is 0.103. The summed E-state index contributed by atoms with van der Waals surface area (Å²) in [4.78, 5) is 18.1. The number of hydrogen-bond donors (Lipinski definition) is 0. The second kappa shape index (κ2) is 10.2. The number of carbonyl (C=O) groups excluding carboxylic acids is 1. The van der Waals surface area contributed by atoms with Crippen molar-refractivity contribution in [1.82, 2.24) is 4.98 Å². The lowest BCUT2D eigenvalue weighted by Crippen LogP contribution is -2.05. The molecule has 1 aromatic heterocycles. The molecule has 4 heteroatoms. The van der Waals surface area contributed by atoms with Crippen LogP contribution in [0.5, 0.6) is 11.5 Å². The van der Waals surface area contributed by atoms with Crippen LogP contribution < -0.4 is 9.47 Å². The number of benzene rings is 3. The first-order chi connectivity index (χ1) is 16.5. The molecular formula is C30H27NO3. The number of rotatable bonds is 7. The summed E-state index contributed by atoms with van der Waals surface area (Å²) in [5, 5.41) is 0.944. The SMILES string of the molecule is COc1ccc(/C=C/C(=O)c2c(C)nc3ccccc3c2/C=C/c2ccc(C)cc2)cc1OC. The average molecular weight is 450 g/mol. The van der Waals surface area contributed by atoms with Crippen molar-refractivity contribution >= 4 is 34.9 Å². The number of pyridine rings is 1. The number of nitrogens with zero attached hydrogens (tertiary/aromatic N) is 1. The molecule has 0 spiro atoms. The van der Waals surface area contributed by atoms with Gasteiger partial charge < -0.3 is 9.47 Å². The van der Waals surface area contributed by atoms with E-state index in [2.05, 4.69) is 31.2 Å². The number of aromatic nitrogens is 1. The lowest BCUT2D eigenvalue weighted by Gasteiger charge is -2.11. The molecule has 0 fully saturated rings. The zero-order valence-corrected chi connectivity index (χ0v) is 19.8. The summed E-state index contributed by atoms with van der Waals surface area (Å²) in [6.45, 7) is 3.95. The van der Waals surface area contributed by atoms with Crippen LogP contribution in [0.3, 0.4) is 0 Å². The summed E-state index contributed by atoms with van der Waals surface area (Å²) in [7, 11) is 3.19. The zero-order chi connectivity index (χ0) is 24.1. The minimum Gasteiger partial charge on any atom is -0.493 e. The number of methoxy groups -OCH3 is 2. The summed E-state index contributed by atoms with van der Waals surface area (Å²) in [5.41, 5.74) is 6.15. The first-order valence-corrected chi connectivity index (χ1v) is 11.1. The van der Waals surface area contributed by atoms with E-state index in [1.807, 2.05) is 61.5 Å². The monoisotopic (exact) mass is 449 g/mol. The molecule has 0 saturated carbocycles. The van der Waals surface area contributed by atoms with E-state index in [0.717, 1.165) is 27.6 Å². The van der Waals surface area contributed by atoms with Crippen molar-refractivity contribution in [3.8, 4) is 11.5 Å². The molecular weight excluding hydrogens is 422 g/mol. The van der Waals surface area contributed by atoms with Gasteiger partial charge in [-0.05, 0) is 54.8 Å². The Kier molecular flexibility index (Phi) is 6.88. The molecule has 0 saturated heterocycles. The molecule has 0 radical (unpaired) electrons. The van der Waals surface area contributed by atoms with Crippen LogP contribution in [0.15, 0.2) is 72.8 Å². The van der Waals surface area contributed by atoms with Crippen molar-refractivity contribution in [2.24, 2.45) is 0 Å². The Labute approximate surface area is 200 Å². The first kappa shape index (κ1) is 23.0. The van der Waals surface area contributed by atoms with Crippen LogP contribution in [0, 0.1) is 13.8 Å². The standard InChI is InChI=1S/C30H27NO3/c1-20-9-11-22(12-10-20)13-16-25-24-7-5-6-8-26(24)31-21(2)30(25)27(32)17-14-23-15-18-28(33-3)29(19-23)34-4/h5-19H,1-4H3/b16-13+,17-14+. The molecule has 0 unspecified atom stereocenters. The molecule has 0 aliphatic heterocycles. The van der Waals surface area contributed by atoms with Crippen molar-refractivity contribution in [3.05, 3.63) is 106 Å². The summed E-state index contributed by atoms with van der Waals surface area (Å²) in [5.74, 6) is 1.15. The Morgan fingerprint density at radius 1 is 0.794 bits per heavy atom. The van der Waals surface area contributed by atoms with E-state index >= 15 is 0 Å². The summed E-state index contributed by atoms with van der Waals surface area (Å²) in [6, 6.07) is 21.7. The maximum atomic E-state index is 13.4. The molecule has 0 aliphatic carbocycles. The highest BCUT2D eigenvalue weighted by Gasteiger charge is 2.16. The van der Waals surface area contributed by atoms with Crippen molar-refractivity contribution in [2.45, 2.75) is 13.8 Å². The molecule has 34 heavy (non-hydrogen) atoms. The number of carbonyl (C=O) groups is 1. The highest BCUT2D eigenvalue weighted by molar-refractivity contribution is 6.13. The Morgan fingerprint density at radius 2 is 1.50 bits per heavy atom. The third-order valence-electron chi connectivity index (χ3n) is 5.71. The van der Waals surface area contributed by atoms with E-state index in [0.29, 0.717) is 22.8 Å². The van der Waals surface area contributed by atoms with Gasteiger partial charge in [-0.25, -0.2) is 0 Å². The lowest BCUT2D eigenvalue weighted by atomic mass is 9.96. The molecule has 4 aromatic rings. The Morgan fingerprint density at radius 3 is 2.24 bits per heavy atom. The normalized spacial score (nSPS) is 11.4. The van der Waals surface area contributed by atoms with Gasteiger partial charge in [0, 0.05) is 11.1 Å². The predicted octanol–water partition coefficient (Wildman–Crippen LogP) is 6.94. The highest BCUT2D eigenvalue weighted by atomic mass is 16.5. The van der Waals surface area contributed by atoms with Gasteiger partial charge in [0.05, 0.1) is 25.3 Å². The van der Waals surface area contributed by atoms with Gasteiger partial charge in [0.1, 0.15) is 0 Å². The molecule has 170 valence electrons. The molecule has 4 rings (SSSR count). The molecule has 0 atom stereocenters. The van der Waals surface area contributed by atoms with Crippen molar-refractivity contribution < 1.29 is 14.3 Å². The van der Waals surface area contributed by atoms with Crippen LogP contribution >= 0.6 is 0 Å². The molecule has 4 nitrogen and oxygen atoms in total. The minimum atomic E-state index is -0.103. The maximum Gasteiger partial charge on any atom is 0.188 e. The van der Waals surface area contributed by atoms with Crippen LogP contribution in [0.1, 0.15) is 38.3 Å². The fourth-order valence-corrected chi connectivity index (χ4v) is 3.92. The zero-order valence-electron chi connectivity index (χ0n) is 19.8. The molecule has 0 amide bonds. The predicted molar refractivity (Wildman–Crippen MR) is 139 cm³/mol. The fraction of sp³-hybridized carbons (Fsp3) is 0.133. The van der Waals surface area contributed by atoms with Crippen LogP contribution in [0.25, 0.3) is 29.1 Å². The van der Waals surface area contributed by atoms with Crippen molar-refractivity contribution in [3.63, 3.8) is 0 Å². The van der Waals surface area contributed by atoms with Crippen LogP contribution in [-0.4, -0.2) is 25.0 Å². The van der Waals surface area contributed by atoms with Gasteiger partial charge in [0.25, 0.3) is 0 Å². The van der Waals surface area contributed by atoms with Gasteiger partial charge in [-0.1, -0.05) is 72.3 Å². The van der Waals surface area contributed by atoms with Gasteiger partial charge in [0.2, 0.25) is 0 Å². The van der Waals surface area contributed by atoms with E-state index in [1.54, 1.807) is 26.4 Å². The fourth-order valence-electron chi connectivity index (χ4n) is 3.92. The van der Waals surface area contributed by atoms with E-state index in [4.69, 9.17) is 14.5 Å². The first-order valence-electron chi connectivity index (χ1n) is 11.1. The van der Waals surface area contributed by atoms with Crippen LogP contribution in [0.2, 0.25) is 0 Å². The molecule has 3 aromatic carbocycles. The quantitative estimate of drug-likeness (QED) is 0.227. The molecule has 0 aliphatic rings. The highest BCUT2D eigenvalue weighted by Crippen LogP contribution is 2.29. The number of ether oxygens (including phenoxy) is 2. The van der Waals surface area contributed by atoms with E-state index < -0.39 is 0 Å². The van der Waals surface area contributed by atoms with Crippen LogP contribution in [-0.2, 0) is 0 Å². The number of allylic oxidation sites excluding steroid dienone is 1. The summed E-state index contributed by atoms with van der Waals surface area (Å²) in [6.07, 6.45) is 7.42. The van der Waals surface area contributed by atoms with Crippen LogP contribution in [0.4, 0.5) is 0 Å². The van der Waals surface area contributed by atoms with Gasteiger partial charge in [-0.3, -0.25) is 9.78 Å². The van der Waals surface area contributed by atoms with Gasteiger partial charge in [-0.2, -0.15) is 0 Å². The van der Waals surface area contributed by atoms with Crippen molar-refractivity contribution in [2.75, 3.05) is 14.2 Å². The number of ketones is 1. The smallest absolute Gasteiger partial charge is 0.188 e. The second-order valence-corrected chi connectivity index (χ2v) is 8.06. The third-order valence-corrected chi connectivity index (χ3v) is 5.71. The number of hydrogen-bond acceptors (Lipinski definition) is 4. The maximum absolute atomic E-state index is 13.4. The number of fused-ring (bicyclic) bond motifs is 1. The van der Waals surface area contributed by atoms with Crippen molar-refractivity contribution in [1.29, 1.82) is 0 Å². The summed E-state index contributed by atoms with van der Waals surface area (Å²) >= 11 is 0. The molecule has 0 bridgehead atoms. The van der Waals surface area contributed by atoms with Gasteiger partial charge in [-0.15, -0.1) is 0 Å². The average Bonchev–Trinajstić information content (AvgIpc) is 2.86. The van der Waals surface area contributed by atoms with E-state index in [1.165, 1.54) is 5.56 Å². The lowest BCUT2D eigenvalue weighted by molar-refractivity contribution is 0.104. The number of aryl methyl sites for hydroxylation is 2. The molecule has 1 heterocycles. The molecule has 0 N–H and O–H groups in total. The van der Waals surface area contributed by atoms with E-state index in [-0.39, 0.29) is 5.78 Å². The Balaban J connectivity index is 1.76. The van der Waals surface area contributed by atoms with E-state index in [9.17, 15) is 4.79 Å². The summed E-state index contributed by atoms with van der Waals surface area (Å²) < 4.78 is 10.7. The third kappa shape index (κ3) is 4.91. The van der Waals surface area contributed by atoms with Gasteiger partial charge >= 0.3 is 0 Å². The topological polar surface area (TPSA) is 48.4 Å². The Hall–Kier alpha value is -4.18. The Bertz CT molecular complexity index is 1400. The largest absolute Gasteiger partial charge is 0.493 e. The van der Waals surface area contributed by atoms with Gasteiger partial charge in [0.15, 0.2) is 17.3 Å².